The van der Waals surface area contributed by atoms with Crippen molar-refractivity contribution in [3.63, 3.8) is 0 Å². The minimum absolute atomic E-state index is 0.0540. The first-order valence-corrected chi connectivity index (χ1v) is 6.37. The molecule has 5 nitrogen and oxygen atoms in total. The van der Waals surface area contributed by atoms with E-state index >= 15 is 0 Å². The van der Waals surface area contributed by atoms with Gasteiger partial charge in [-0.15, -0.1) is 0 Å². The van der Waals surface area contributed by atoms with Crippen LogP contribution in [-0.2, 0) is 9.59 Å². The molecule has 0 aliphatic heterocycles. The summed E-state index contributed by atoms with van der Waals surface area (Å²) in [7, 11) is 1.73. The molecule has 0 radical (unpaired) electrons. The summed E-state index contributed by atoms with van der Waals surface area (Å²) in [6.07, 6.45) is 4.81. The van der Waals surface area contributed by atoms with Crippen LogP contribution in [0.15, 0.2) is 0 Å². The summed E-state index contributed by atoms with van der Waals surface area (Å²) in [5, 5.41) is 5.84. The summed E-state index contributed by atoms with van der Waals surface area (Å²) in [4.78, 5) is 24.5. The van der Waals surface area contributed by atoms with E-state index in [4.69, 9.17) is 0 Å². The number of nitrogens with zero attached hydrogens (tertiary/aromatic N) is 1. The van der Waals surface area contributed by atoms with Crippen LogP contribution in [0.2, 0.25) is 0 Å². The largest absolute Gasteiger partial charge is 0.346 e. The number of hydrogen-bond donors (Lipinski definition) is 2. The highest BCUT2D eigenvalue weighted by Crippen LogP contribution is 2.17. The van der Waals surface area contributed by atoms with Gasteiger partial charge in [0, 0.05) is 19.6 Å². The molecule has 0 saturated heterocycles. The van der Waals surface area contributed by atoms with Gasteiger partial charge < -0.3 is 15.5 Å². The van der Waals surface area contributed by atoms with E-state index in [1.54, 1.807) is 11.9 Å². The molecular formula is C12H23N3O2. The van der Waals surface area contributed by atoms with Gasteiger partial charge in [-0.1, -0.05) is 12.8 Å². The van der Waals surface area contributed by atoms with E-state index in [1.165, 1.54) is 12.8 Å². The number of rotatable bonds is 6. The predicted molar refractivity (Wildman–Crippen MR) is 66.6 cm³/mol. The first-order chi connectivity index (χ1) is 8.13. The van der Waals surface area contributed by atoms with Crippen molar-refractivity contribution in [2.24, 2.45) is 0 Å². The highest BCUT2D eigenvalue weighted by Gasteiger charge is 2.15. The molecule has 0 heterocycles. The van der Waals surface area contributed by atoms with Crippen LogP contribution in [0, 0.1) is 0 Å². The lowest BCUT2D eigenvalue weighted by Crippen LogP contribution is -2.42. The van der Waals surface area contributed by atoms with Gasteiger partial charge in [-0.3, -0.25) is 9.59 Å². The average Bonchev–Trinajstić information content (AvgIpc) is 2.85. The molecule has 2 N–H and O–H groups in total. The van der Waals surface area contributed by atoms with Gasteiger partial charge in [0.2, 0.25) is 11.8 Å². The number of carbonyl (C=O) groups is 2. The molecule has 0 spiro atoms. The van der Waals surface area contributed by atoms with Gasteiger partial charge in [0.15, 0.2) is 0 Å². The molecule has 0 aromatic heterocycles. The van der Waals surface area contributed by atoms with Crippen LogP contribution in [0.1, 0.15) is 32.6 Å². The third kappa shape index (κ3) is 5.17. The summed E-state index contributed by atoms with van der Waals surface area (Å²) in [6, 6.07) is 0.481. The number of nitrogens with one attached hydrogen (secondary N) is 2. The quantitative estimate of drug-likeness (QED) is 0.694. The Morgan fingerprint density at radius 2 is 1.88 bits per heavy atom. The summed E-state index contributed by atoms with van der Waals surface area (Å²) in [5.74, 6) is -0.156. The van der Waals surface area contributed by atoms with Gasteiger partial charge in [0.05, 0.1) is 13.1 Å². The van der Waals surface area contributed by atoms with Gasteiger partial charge in [0.25, 0.3) is 0 Å². The molecular weight excluding hydrogens is 218 g/mol. The Morgan fingerprint density at radius 1 is 1.24 bits per heavy atom. The second-order valence-corrected chi connectivity index (χ2v) is 4.55. The molecule has 1 fully saturated rings. The molecule has 0 bridgehead atoms. The standard InChI is InChI=1S/C12H23N3O2/c1-3-15(2)12(17)9-14-11(16)8-13-10-6-4-5-7-10/h10,13H,3-9H2,1-2H3,(H,14,16). The van der Waals surface area contributed by atoms with Gasteiger partial charge in [-0.05, 0) is 19.8 Å². The number of carbonyl (C=O) groups excluding carboxylic acids is 2. The molecule has 98 valence electrons. The molecule has 0 aromatic rings. The van der Waals surface area contributed by atoms with Crippen molar-refractivity contribution >= 4 is 11.8 Å². The maximum Gasteiger partial charge on any atom is 0.241 e. The zero-order valence-electron chi connectivity index (χ0n) is 10.8. The van der Waals surface area contributed by atoms with Crippen molar-refractivity contribution < 1.29 is 9.59 Å². The minimum atomic E-state index is -0.102. The van der Waals surface area contributed by atoms with Crippen LogP contribution in [0.3, 0.4) is 0 Å². The average molecular weight is 241 g/mol. The lowest BCUT2D eigenvalue weighted by atomic mass is 10.2. The molecule has 1 rings (SSSR count). The normalized spacial score (nSPS) is 15.9. The molecule has 0 unspecified atom stereocenters. The second-order valence-electron chi connectivity index (χ2n) is 4.55. The first kappa shape index (κ1) is 14.0. The maximum atomic E-state index is 11.5. The SMILES string of the molecule is CCN(C)C(=O)CNC(=O)CNC1CCCC1. The number of likely N-dealkylation sites (N-methyl/N-ethyl adjacent to an activating group) is 1. The highest BCUT2D eigenvalue weighted by atomic mass is 16.2. The molecule has 0 atom stereocenters. The van der Waals surface area contributed by atoms with Crippen molar-refractivity contribution in [3.05, 3.63) is 0 Å². The van der Waals surface area contributed by atoms with Crippen LogP contribution in [0.25, 0.3) is 0 Å². The predicted octanol–water partition coefficient (Wildman–Crippen LogP) is 0.113. The van der Waals surface area contributed by atoms with Crippen molar-refractivity contribution in [3.8, 4) is 0 Å². The van der Waals surface area contributed by atoms with Crippen LogP contribution in [0.5, 0.6) is 0 Å². The molecule has 1 aliphatic carbocycles. The van der Waals surface area contributed by atoms with Crippen molar-refractivity contribution in [1.29, 1.82) is 0 Å². The Bertz CT molecular complexity index is 262. The van der Waals surface area contributed by atoms with Gasteiger partial charge in [-0.25, -0.2) is 0 Å². The Labute approximate surface area is 103 Å². The number of amides is 2. The zero-order chi connectivity index (χ0) is 12.7. The van der Waals surface area contributed by atoms with E-state index in [9.17, 15) is 9.59 Å². The first-order valence-electron chi connectivity index (χ1n) is 6.37. The smallest absolute Gasteiger partial charge is 0.241 e. The minimum Gasteiger partial charge on any atom is -0.346 e. The lowest BCUT2D eigenvalue weighted by molar-refractivity contribution is -0.131. The highest BCUT2D eigenvalue weighted by molar-refractivity contribution is 5.85. The zero-order valence-corrected chi connectivity index (χ0v) is 10.8. The van der Waals surface area contributed by atoms with E-state index in [0.29, 0.717) is 19.1 Å². The van der Waals surface area contributed by atoms with E-state index in [-0.39, 0.29) is 18.4 Å². The fraction of sp³-hybridized carbons (Fsp3) is 0.833. The van der Waals surface area contributed by atoms with Gasteiger partial charge >= 0.3 is 0 Å². The van der Waals surface area contributed by atoms with E-state index in [1.807, 2.05) is 6.92 Å². The Hall–Kier alpha value is -1.10. The maximum absolute atomic E-state index is 11.5. The van der Waals surface area contributed by atoms with Crippen LogP contribution in [-0.4, -0.2) is 49.4 Å². The van der Waals surface area contributed by atoms with Gasteiger partial charge in [-0.2, -0.15) is 0 Å². The second kappa shape index (κ2) is 7.27. The molecule has 0 aromatic carbocycles. The third-order valence-electron chi connectivity index (χ3n) is 3.24. The lowest BCUT2D eigenvalue weighted by Gasteiger charge is -2.15. The van der Waals surface area contributed by atoms with E-state index < -0.39 is 0 Å². The van der Waals surface area contributed by atoms with Crippen molar-refractivity contribution in [1.82, 2.24) is 15.5 Å². The summed E-state index contributed by atoms with van der Waals surface area (Å²) >= 11 is 0. The Kier molecular flexibility index (Phi) is 5.97. The summed E-state index contributed by atoms with van der Waals surface area (Å²) in [5.41, 5.74) is 0. The van der Waals surface area contributed by atoms with Gasteiger partial charge in [0.1, 0.15) is 0 Å². The third-order valence-corrected chi connectivity index (χ3v) is 3.24. The Balaban J connectivity index is 2.10. The van der Waals surface area contributed by atoms with Crippen LogP contribution in [0.4, 0.5) is 0 Å². The molecule has 1 saturated carbocycles. The monoisotopic (exact) mass is 241 g/mol. The molecule has 5 heteroatoms. The molecule has 1 aliphatic rings. The molecule has 17 heavy (non-hydrogen) atoms. The number of hydrogen-bond acceptors (Lipinski definition) is 3. The topological polar surface area (TPSA) is 61.4 Å². The van der Waals surface area contributed by atoms with E-state index in [0.717, 1.165) is 12.8 Å². The fourth-order valence-electron chi connectivity index (χ4n) is 1.91. The Morgan fingerprint density at radius 3 is 2.47 bits per heavy atom. The molecule has 2 amide bonds. The van der Waals surface area contributed by atoms with Crippen molar-refractivity contribution in [2.75, 3.05) is 26.7 Å². The fourth-order valence-corrected chi connectivity index (χ4v) is 1.91. The van der Waals surface area contributed by atoms with E-state index in [2.05, 4.69) is 10.6 Å². The van der Waals surface area contributed by atoms with Crippen LogP contribution >= 0.6 is 0 Å². The summed E-state index contributed by atoms with van der Waals surface area (Å²) < 4.78 is 0. The summed E-state index contributed by atoms with van der Waals surface area (Å²) in [6.45, 7) is 2.97. The van der Waals surface area contributed by atoms with Crippen molar-refractivity contribution in [2.45, 2.75) is 38.6 Å². The van der Waals surface area contributed by atoms with Crippen LogP contribution < -0.4 is 10.6 Å².